The third kappa shape index (κ3) is 2.77. The Hall–Kier alpha value is -1.64. The minimum Gasteiger partial charge on any atom is -0.387 e. The van der Waals surface area contributed by atoms with Gasteiger partial charge in [-0.2, -0.15) is 5.26 Å². The summed E-state index contributed by atoms with van der Waals surface area (Å²) in [6.45, 7) is -0.0661. The molecular weight excluding hydrogens is 283 g/mol. The van der Waals surface area contributed by atoms with Gasteiger partial charge in [-0.25, -0.2) is 4.39 Å². The number of aliphatic hydroxyl groups is 1. The molecule has 0 saturated heterocycles. The number of aliphatic hydroxyl groups excluding tert-OH is 1. The molecule has 0 heterocycles. The molecule has 1 amide bonds. The highest BCUT2D eigenvalue weighted by molar-refractivity contribution is 6.30. The highest BCUT2D eigenvalue weighted by Crippen LogP contribution is 2.40. The Labute approximate surface area is 121 Å². The number of benzene rings is 1. The first-order chi connectivity index (χ1) is 9.48. The summed E-state index contributed by atoms with van der Waals surface area (Å²) in [6.07, 6.45) is 0.898. The summed E-state index contributed by atoms with van der Waals surface area (Å²) in [7, 11) is 0. The lowest BCUT2D eigenvalue weighted by molar-refractivity contribution is -0.132. The summed E-state index contributed by atoms with van der Waals surface area (Å²) in [5.41, 5.74) is -0.628. The molecule has 1 atom stereocenters. The van der Waals surface area contributed by atoms with Crippen molar-refractivity contribution in [2.75, 3.05) is 6.54 Å². The van der Waals surface area contributed by atoms with Crippen LogP contribution in [0.4, 0.5) is 4.39 Å². The van der Waals surface area contributed by atoms with Crippen LogP contribution in [0.2, 0.25) is 5.02 Å². The Balaban J connectivity index is 1.95. The van der Waals surface area contributed by atoms with Crippen molar-refractivity contribution in [2.45, 2.75) is 25.4 Å². The van der Waals surface area contributed by atoms with Crippen molar-refractivity contribution in [3.8, 4) is 6.07 Å². The largest absolute Gasteiger partial charge is 0.387 e. The number of nitrogens with one attached hydrogen (secondary N) is 1. The first-order valence-electron chi connectivity index (χ1n) is 6.31. The smallest absolute Gasteiger partial charge is 0.240 e. The van der Waals surface area contributed by atoms with Gasteiger partial charge in [-0.1, -0.05) is 17.7 Å². The zero-order chi connectivity index (χ0) is 14.8. The maximum absolute atomic E-state index is 13.3. The Morgan fingerprint density at radius 2 is 2.30 bits per heavy atom. The third-order valence-electron chi connectivity index (χ3n) is 3.64. The summed E-state index contributed by atoms with van der Waals surface area (Å²) in [5.74, 6) is -0.998. The van der Waals surface area contributed by atoms with Gasteiger partial charge in [0.25, 0.3) is 0 Å². The molecule has 0 aliphatic heterocycles. The van der Waals surface area contributed by atoms with Crippen LogP contribution in [-0.4, -0.2) is 17.6 Å². The van der Waals surface area contributed by atoms with Crippen LogP contribution in [-0.2, 0) is 4.79 Å². The zero-order valence-corrected chi connectivity index (χ0v) is 11.5. The standard InChI is InChI=1S/C14H14ClFN2O2/c15-10-3-2-9(6-11(10)16)12(19)7-18-13(20)14(8-17)4-1-5-14/h2-3,6,12,19H,1,4-5,7H2,(H,18,20). The van der Waals surface area contributed by atoms with E-state index in [1.807, 2.05) is 6.07 Å². The second-order valence-corrected chi connectivity index (χ2v) is 5.35. The number of rotatable bonds is 4. The van der Waals surface area contributed by atoms with Crippen molar-refractivity contribution >= 4 is 17.5 Å². The summed E-state index contributed by atoms with van der Waals surface area (Å²) in [4.78, 5) is 11.9. The predicted molar refractivity (Wildman–Crippen MR) is 71.3 cm³/mol. The number of amides is 1. The van der Waals surface area contributed by atoms with Crippen molar-refractivity contribution < 1.29 is 14.3 Å². The van der Waals surface area contributed by atoms with Crippen LogP contribution < -0.4 is 5.32 Å². The molecule has 0 radical (unpaired) electrons. The van der Waals surface area contributed by atoms with Crippen LogP contribution >= 0.6 is 11.6 Å². The molecule has 6 heteroatoms. The molecule has 106 valence electrons. The topological polar surface area (TPSA) is 73.1 Å². The van der Waals surface area contributed by atoms with E-state index in [4.69, 9.17) is 16.9 Å². The molecule has 1 fully saturated rings. The van der Waals surface area contributed by atoms with Gasteiger partial charge in [-0.3, -0.25) is 4.79 Å². The number of hydrogen-bond acceptors (Lipinski definition) is 3. The number of hydrogen-bond donors (Lipinski definition) is 2. The van der Waals surface area contributed by atoms with E-state index in [0.29, 0.717) is 18.4 Å². The summed E-state index contributed by atoms with van der Waals surface area (Å²) >= 11 is 5.56. The van der Waals surface area contributed by atoms with Gasteiger partial charge >= 0.3 is 0 Å². The van der Waals surface area contributed by atoms with E-state index in [-0.39, 0.29) is 17.5 Å². The maximum Gasteiger partial charge on any atom is 0.240 e. The normalized spacial score (nSPS) is 17.7. The third-order valence-corrected chi connectivity index (χ3v) is 3.95. The molecule has 1 aliphatic carbocycles. The Morgan fingerprint density at radius 3 is 2.80 bits per heavy atom. The molecule has 2 rings (SSSR count). The highest BCUT2D eigenvalue weighted by Gasteiger charge is 2.44. The average Bonchev–Trinajstić information content (AvgIpc) is 2.38. The van der Waals surface area contributed by atoms with Crippen molar-refractivity contribution in [3.63, 3.8) is 0 Å². The van der Waals surface area contributed by atoms with Crippen molar-refractivity contribution in [1.82, 2.24) is 5.32 Å². The van der Waals surface area contributed by atoms with Gasteiger partial charge in [-0.05, 0) is 37.0 Å². The molecule has 1 aromatic carbocycles. The summed E-state index contributed by atoms with van der Waals surface area (Å²) in [6, 6.07) is 5.99. The van der Waals surface area contributed by atoms with Gasteiger partial charge in [0.15, 0.2) is 0 Å². The van der Waals surface area contributed by atoms with Crippen LogP contribution in [0.25, 0.3) is 0 Å². The fraction of sp³-hybridized carbons (Fsp3) is 0.429. The highest BCUT2D eigenvalue weighted by atomic mass is 35.5. The Kier molecular flexibility index (Phi) is 4.26. The Morgan fingerprint density at radius 1 is 1.60 bits per heavy atom. The lowest BCUT2D eigenvalue weighted by Crippen LogP contribution is -2.45. The molecule has 0 bridgehead atoms. The molecule has 0 aromatic heterocycles. The molecule has 0 spiro atoms. The van der Waals surface area contributed by atoms with Crippen molar-refractivity contribution in [3.05, 3.63) is 34.6 Å². The van der Waals surface area contributed by atoms with Gasteiger partial charge in [0.1, 0.15) is 11.2 Å². The molecule has 1 unspecified atom stereocenters. The Bertz CT molecular complexity index is 567. The fourth-order valence-electron chi connectivity index (χ4n) is 2.12. The van der Waals surface area contributed by atoms with E-state index in [1.54, 1.807) is 0 Å². The maximum atomic E-state index is 13.3. The molecule has 20 heavy (non-hydrogen) atoms. The minimum absolute atomic E-state index is 0.0251. The number of nitriles is 1. The minimum atomic E-state index is -1.04. The van der Waals surface area contributed by atoms with E-state index in [9.17, 15) is 14.3 Å². The van der Waals surface area contributed by atoms with Crippen LogP contribution in [0.1, 0.15) is 30.9 Å². The van der Waals surface area contributed by atoms with E-state index < -0.39 is 17.3 Å². The average molecular weight is 297 g/mol. The van der Waals surface area contributed by atoms with Crippen molar-refractivity contribution in [2.24, 2.45) is 5.41 Å². The number of halogens is 2. The summed E-state index contributed by atoms with van der Waals surface area (Å²) < 4.78 is 13.3. The molecule has 1 saturated carbocycles. The number of carbonyl (C=O) groups excluding carboxylic acids is 1. The SMILES string of the molecule is N#CC1(C(=O)NCC(O)c2ccc(Cl)c(F)c2)CCC1. The second-order valence-electron chi connectivity index (χ2n) is 4.95. The molecular formula is C14H14ClFN2O2. The lowest BCUT2D eigenvalue weighted by Gasteiger charge is -2.33. The van der Waals surface area contributed by atoms with Gasteiger partial charge in [0.05, 0.1) is 17.2 Å². The lowest BCUT2D eigenvalue weighted by atomic mass is 9.69. The number of carbonyl (C=O) groups is 1. The molecule has 1 aliphatic rings. The zero-order valence-electron chi connectivity index (χ0n) is 10.7. The fourth-order valence-corrected chi connectivity index (χ4v) is 2.23. The van der Waals surface area contributed by atoms with Gasteiger partial charge < -0.3 is 10.4 Å². The van der Waals surface area contributed by atoms with Gasteiger partial charge in [0.2, 0.25) is 5.91 Å². The van der Waals surface area contributed by atoms with Crippen LogP contribution in [0, 0.1) is 22.6 Å². The van der Waals surface area contributed by atoms with E-state index in [2.05, 4.69) is 5.32 Å². The monoisotopic (exact) mass is 296 g/mol. The van der Waals surface area contributed by atoms with Gasteiger partial charge in [0, 0.05) is 6.54 Å². The van der Waals surface area contributed by atoms with Crippen LogP contribution in [0.15, 0.2) is 18.2 Å². The molecule has 4 nitrogen and oxygen atoms in total. The first kappa shape index (κ1) is 14.8. The van der Waals surface area contributed by atoms with Crippen LogP contribution in [0.5, 0.6) is 0 Å². The molecule has 2 N–H and O–H groups in total. The quantitative estimate of drug-likeness (QED) is 0.895. The second kappa shape index (κ2) is 5.78. The first-order valence-corrected chi connectivity index (χ1v) is 6.69. The van der Waals surface area contributed by atoms with Crippen molar-refractivity contribution in [1.29, 1.82) is 5.26 Å². The summed E-state index contributed by atoms with van der Waals surface area (Å²) in [5, 5.41) is 21.4. The van der Waals surface area contributed by atoms with Crippen LogP contribution in [0.3, 0.4) is 0 Å². The van der Waals surface area contributed by atoms with E-state index in [0.717, 1.165) is 12.5 Å². The van der Waals surface area contributed by atoms with Gasteiger partial charge in [-0.15, -0.1) is 0 Å². The van der Waals surface area contributed by atoms with E-state index >= 15 is 0 Å². The number of nitrogens with zero attached hydrogens (tertiary/aromatic N) is 1. The van der Waals surface area contributed by atoms with E-state index in [1.165, 1.54) is 12.1 Å². The predicted octanol–water partition coefficient (Wildman–Crippen LogP) is 2.32. The molecule has 1 aromatic rings.